The molecule has 120 heavy (non-hydrogen) atoms. The standard InChI is InChI=1S/C88H142FN11O20/c1-28-30-31-53(15)74(120-70(106)46-118-45-69(105)119-44-67(103)88(117)54(16)40-60-59-33-32-57-41-58(101)34-35-85(57,19)87(59,89)66(102)42-86(60,88)20)73-78(110)92-61(29-2)80(112)94(21)43-68(104)95(22)62(36-47(3)4)77(109)93-71(51(11)12)83(115)96(23)63(37-48(5)6)76(108)90-55(17)75(107)91-56(18)79(111)97(24)64(38-49(7)8)81(113)98(25)65(39-50(9)10)82(114)99(26)72(52(13)14)84(116)100(73)27/h28,30,34-35,41,47-56,59-66,71-74,102,117H,29,31-33,36-40,42-46H2,1-27H3,(H,90,108)(H,91,107)(H,92,110)(H,93,109)/b30-28+/t53-,54-,55?,56?,59?,60?,61?,62+,63?,64?,65?,66+,71?,72?,73?,74?,85+,86+,87+,88+/m1/s1. The number of nitrogens with zero attached hydrogens (tertiary/aromatic N) is 7. The molecule has 0 radical (unpaired) electrons. The molecule has 12 unspecified atom stereocenters. The number of Topliss-reactive ketones (excluding diaryl/α,β-unsaturated/α-hetero) is 1. The zero-order valence-corrected chi connectivity index (χ0v) is 76.2. The molecule has 32 heteroatoms. The van der Waals surface area contributed by atoms with Gasteiger partial charge in [0.1, 0.15) is 85.3 Å². The highest BCUT2D eigenvalue weighted by atomic mass is 19.1. The van der Waals surface area contributed by atoms with Crippen LogP contribution in [0.25, 0.3) is 0 Å². The first kappa shape index (κ1) is 102. The second-order valence-electron chi connectivity index (χ2n) is 37.3. The summed E-state index contributed by atoms with van der Waals surface area (Å²) in [5.41, 5.74) is -6.64. The van der Waals surface area contributed by atoms with Crippen LogP contribution in [0.4, 0.5) is 4.39 Å². The van der Waals surface area contributed by atoms with E-state index in [1.165, 1.54) is 101 Å². The van der Waals surface area contributed by atoms with Crippen molar-refractivity contribution < 1.29 is 101 Å². The van der Waals surface area contributed by atoms with Crippen LogP contribution in [0.15, 0.2) is 36.0 Å². The summed E-state index contributed by atoms with van der Waals surface area (Å²) in [7, 11) is 9.50. The average molecular weight is 1690 g/mol. The van der Waals surface area contributed by atoms with Crippen LogP contribution in [-0.4, -0.2) is 293 Å². The molecule has 11 amide bonds. The number of amides is 11. The Balaban J connectivity index is 1.58. The van der Waals surface area contributed by atoms with Gasteiger partial charge in [0.05, 0.1) is 12.6 Å². The maximum atomic E-state index is 18.0. The lowest BCUT2D eigenvalue weighted by Gasteiger charge is -2.62. The number of ketones is 2. The van der Waals surface area contributed by atoms with Gasteiger partial charge in [-0.3, -0.25) is 62.3 Å². The summed E-state index contributed by atoms with van der Waals surface area (Å²) in [6.07, 6.45) is 4.95. The second kappa shape index (κ2) is 42.5. The fraction of sp³-hybridized carbons (Fsp3) is 0.761. The molecule has 4 fully saturated rings. The molecule has 0 bridgehead atoms. The third-order valence-corrected chi connectivity index (χ3v) is 25.8. The van der Waals surface area contributed by atoms with E-state index in [4.69, 9.17) is 14.2 Å². The monoisotopic (exact) mass is 1690 g/mol. The highest BCUT2D eigenvalue weighted by molar-refractivity contribution is 6.02. The van der Waals surface area contributed by atoms with Gasteiger partial charge in [0.15, 0.2) is 18.1 Å². The number of hydrogen-bond donors (Lipinski definition) is 6. The fourth-order valence-electron chi connectivity index (χ4n) is 18.7. The molecule has 1 aliphatic heterocycles. The van der Waals surface area contributed by atoms with E-state index >= 15 is 23.6 Å². The number of rotatable bonds is 23. The lowest BCUT2D eigenvalue weighted by Crippen LogP contribution is -2.69. The molecule has 5 aliphatic rings. The van der Waals surface area contributed by atoms with Gasteiger partial charge in [-0.15, -0.1) is 0 Å². The maximum absolute atomic E-state index is 18.0. The number of hydrogen-bond acceptors (Lipinski definition) is 20. The molecule has 0 aromatic rings. The largest absolute Gasteiger partial charge is 0.458 e. The van der Waals surface area contributed by atoms with E-state index in [0.29, 0.717) is 12.0 Å². The summed E-state index contributed by atoms with van der Waals surface area (Å²) in [4.78, 5) is 228. The van der Waals surface area contributed by atoms with E-state index in [2.05, 4.69) is 21.3 Å². The van der Waals surface area contributed by atoms with Gasteiger partial charge in [0, 0.05) is 66.1 Å². The smallest absolute Gasteiger partial charge is 0.332 e. The van der Waals surface area contributed by atoms with Gasteiger partial charge >= 0.3 is 11.9 Å². The van der Waals surface area contributed by atoms with Crippen LogP contribution in [0.3, 0.4) is 0 Å². The summed E-state index contributed by atoms with van der Waals surface area (Å²) in [5, 5.41) is 35.5. The Morgan fingerprint density at radius 2 is 1.08 bits per heavy atom. The Bertz CT molecular complexity index is 3850. The minimum Gasteiger partial charge on any atom is -0.458 e. The fourth-order valence-corrected chi connectivity index (χ4v) is 18.7. The molecule has 676 valence electrons. The third kappa shape index (κ3) is 22.7. The van der Waals surface area contributed by atoms with E-state index in [1.807, 2.05) is 55.4 Å². The first-order valence-corrected chi connectivity index (χ1v) is 42.8. The van der Waals surface area contributed by atoms with Crippen molar-refractivity contribution in [1.29, 1.82) is 0 Å². The number of carbonyl (C=O) groups is 15. The van der Waals surface area contributed by atoms with E-state index in [-0.39, 0.29) is 87.2 Å². The number of ether oxygens (including phenoxy) is 3. The Labute approximate surface area is 709 Å². The van der Waals surface area contributed by atoms with Gasteiger partial charge in [-0.25, -0.2) is 14.0 Å². The first-order valence-electron chi connectivity index (χ1n) is 42.8. The number of aliphatic hydroxyl groups is 2. The quantitative estimate of drug-likeness (QED) is 0.0558. The van der Waals surface area contributed by atoms with Crippen molar-refractivity contribution >= 4 is 88.5 Å². The van der Waals surface area contributed by atoms with Crippen molar-refractivity contribution in [3.63, 3.8) is 0 Å². The number of carbonyl (C=O) groups excluding carboxylic acids is 15. The molecular weight excluding hydrogens is 1550 g/mol. The summed E-state index contributed by atoms with van der Waals surface area (Å²) in [5.74, 6) is -17.5. The van der Waals surface area contributed by atoms with Gasteiger partial charge in [-0.2, -0.15) is 0 Å². The SMILES string of the molecule is C/C=C/C[C@@H](C)C(OC(=O)COCC(=O)OCC(=O)[C@@]1(O)[C@H](C)CC2C3CCC4=CC(=O)C=C[C@]4(C)[C@@]3(F)[C@@H](O)C[C@@]21C)C1C(=O)NC(CC)C(=O)N(C)CC(=O)N(C)[C@@H](CC(C)C)C(=O)NC(C(C)C)C(=O)N(C)C(CC(C)C)C(=O)NC(C)C(=O)NC(C)C(=O)N(C)C(CC(C)C)C(=O)N(C)C(CC(C)C)C(=O)N(C)C(C(C)C)C(=O)N1C. The van der Waals surface area contributed by atoms with Crippen molar-refractivity contribution in [2.45, 2.75) is 287 Å². The molecule has 31 nitrogen and oxygen atoms in total. The summed E-state index contributed by atoms with van der Waals surface area (Å²) in [6.45, 7) is 30.3. The van der Waals surface area contributed by atoms with Gasteiger partial charge in [0.2, 0.25) is 70.8 Å². The molecule has 6 N–H and O–H groups in total. The highest BCUT2D eigenvalue weighted by Crippen LogP contribution is 2.71. The van der Waals surface area contributed by atoms with Crippen molar-refractivity contribution in [1.82, 2.24) is 55.6 Å². The van der Waals surface area contributed by atoms with Crippen LogP contribution in [-0.2, 0) is 86.1 Å². The predicted molar refractivity (Wildman–Crippen MR) is 447 cm³/mol. The molecular formula is C88H142FN11O20. The van der Waals surface area contributed by atoms with Gasteiger partial charge in [-0.05, 0) is 157 Å². The number of halogens is 1. The number of fused-ring (bicyclic) bond motifs is 5. The molecule has 0 aromatic carbocycles. The van der Waals surface area contributed by atoms with Gasteiger partial charge in [-0.1, -0.05) is 135 Å². The lowest BCUT2D eigenvalue weighted by atomic mass is 9.44. The van der Waals surface area contributed by atoms with E-state index in [1.54, 1.807) is 81.4 Å². The topological polar surface area (TPSA) is 395 Å². The van der Waals surface area contributed by atoms with E-state index in [0.717, 1.165) is 14.7 Å². The highest BCUT2D eigenvalue weighted by Gasteiger charge is 2.76. The minimum atomic E-state index is -2.25. The molecule has 1 heterocycles. The van der Waals surface area contributed by atoms with Crippen LogP contribution < -0.4 is 21.3 Å². The molecule has 3 saturated carbocycles. The van der Waals surface area contributed by atoms with E-state index in [9.17, 15) is 63.0 Å². The number of allylic oxidation sites excluding steroid dienone is 6. The van der Waals surface area contributed by atoms with Crippen LogP contribution in [0, 0.1) is 70.0 Å². The van der Waals surface area contributed by atoms with Crippen LogP contribution in [0.2, 0.25) is 0 Å². The molecule has 5 rings (SSSR count). The van der Waals surface area contributed by atoms with Crippen molar-refractivity contribution in [2.75, 3.05) is 75.7 Å². The van der Waals surface area contributed by atoms with Crippen LogP contribution in [0.1, 0.15) is 203 Å². The third-order valence-electron chi connectivity index (χ3n) is 25.8. The number of likely N-dealkylation sites (N-methyl/N-ethyl adjacent to an activating group) is 7. The molecule has 4 aliphatic carbocycles. The first-order chi connectivity index (χ1) is 55.6. The molecule has 20 atom stereocenters. The van der Waals surface area contributed by atoms with Crippen molar-refractivity contribution in [3.05, 3.63) is 36.0 Å². The lowest BCUT2D eigenvalue weighted by molar-refractivity contribution is -0.220. The molecule has 0 aromatic heterocycles. The van der Waals surface area contributed by atoms with Gasteiger partial charge < -0.3 is 80.0 Å². The molecule has 0 spiro atoms. The minimum absolute atomic E-state index is 0.0316. The normalized spacial score (nSPS) is 32.0. The van der Waals surface area contributed by atoms with Crippen LogP contribution in [0.5, 0.6) is 0 Å². The van der Waals surface area contributed by atoms with Gasteiger partial charge in [0.25, 0.3) is 0 Å². The Hall–Kier alpha value is -8.52. The Morgan fingerprint density at radius 1 is 0.583 bits per heavy atom. The Kier molecular flexibility index (Phi) is 36.2. The van der Waals surface area contributed by atoms with Crippen molar-refractivity contribution in [3.8, 4) is 0 Å². The second-order valence-corrected chi connectivity index (χ2v) is 37.3. The van der Waals surface area contributed by atoms with Crippen LogP contribution >= 0.6 is 0 Å². The molecule has 1 saturated heterocycles. The zero-order chi connectivity index (χ0) is 91.4. The average Bonchev–Trinajstić information content (AvgIpc) is 1.43. The number of esters is 2. The number of aliphatic hydroxyl groups excluding tert-OH is 1. The van der Waals surface area contributed by atoms with E-state index < -0.39 is 239 Å². The number of alkyl halides is 1. The summed E-state index contributed by atoms with van der Waals surface area (Å²) >= 11 is 0. The maximum Gasteiger partial charge on any atom is 0.332 e. The summed E-state index contributed by atoms with van der Waals surface area (Å²) < 4.78 is 35.1. The predicted octanol–water partition coefficient (Wildman–Crippen LogP) is 5.30. The zero-order valence-electron chi connectivity index (χ0n) is 76.2. The number of nitrogens with one attached hydrogen (secondary N) is 4. The van der Waals surface area contributed by atoms with Crippen molar-refractivity contribution in [2.24, 2.45) is 70.0 Å². The Morgan fingerprint density at radius 3 is 1.62 bits per heavy atom. The summed E-state index contributed by atoms with van der Waals surface area (Å²) in [6, 6.07) is -13.7.